The van der Waals surface area contributed by atoms with Gasteiger partial charge in [-0.1, -0.05) is 19.3 Å². The van der Waals surface area contributed by atoms with Gasteiger partial charge >= 0.3 is 11.9 Å². The topological polar surface area (TPSA) is 96.6 Å². The van der Waals surface area contributed by atoms with E-state index in [1.54, 1.807) is 35.0 Å². The molecule has 0 aliphatic heterocycles. The lowest BCUT2D eigenvalue weighted by Crippen LogP contribution is -2.50. The molecule has 2 N–H and O–H groups in total. The Hall–Kier alpha value is -2.96. The average Bonchev–Trinajstić information content (AvgIpc) is 3.12. The summed E-state index contributed by atoms with van der Waals surface area (Å²) in [6, 6.07) is 9.24. The smallest absolute Gasteiger partial charge is 0.325 e. The van der Waals surface area contributed by atoms with Crippen LogP contribution in [0.1, 0.15) is 32.1 Å². The van der Waals surface area contributed by atoms with Crippen molar-refractivity contribution >= 4 is 17.7 Å². The molecule has 1 saturated carbocycles. The van der Waals surface area contributed by atoms with Crippen molar-refractivity contribution in [1.29, 1.82) is 0 Å². The first-order valence-electron chi connectivity index (χ1n) is 8.80. The van der Waals surface area contributed by atoms with E-state index in [1.165, 1.54) is 12.1 Å². The zero-order valence-corrected chi connectivity index (χ0v) is 14.6. The molecule has 7 heteroatoms. The zero-order valence-electron chi connectivity index (χ0n) is 14.6. The van der Waals surface area contributed by atoms with E-state index in [9.17, 15) is 29.0 Å². The van der Waals surface area contributed by atoms with Gasteiger partial charge in [0.1, 0.15) is 11.4 Å². The number of aromatic nitrogens is 1. The second-order valence-electron chi connectivity index (χ2n) is 6.84. The molecule has 1 aromatic carbocycles. The largest absolute Gasteiger partial charge is 0.480 e. The second-order valence-corrected chi connectivity index (χ2v) is 6.84. The van der Waals surface area contributed by atoms with Gasteiger partial charge < -0.3 is 14.8 Å². The van der Waals surface area contributed by atoms with Gasteiger partial charge in [-0.15, -0.1) is 0 Å². The van der Waals surface area contributed by atoms with Crippen LogP contribution in [-0.2, 0) is 19.9 Å². The molecule has 1 heterocycles. The number of carbonyl (C=O) groups is 3. The third-order valence-electron chi connectivity index (χ3n) is 5.25. The summed E-state index contributed by atoms with van der Waals surface area (Å²) in [7, 11) is 0. The first kappa shape index (κ1) is 18.8. The molecule has 0 saturated heterocycles. The highest BCUT2D eigenvalue weighted by atomic mass is 19.1. The molecule has 3 rings (SSSR count). The van der Waals surface area contributed by atoms with Crippen molar-refractivity contribution in [3.63, 3.8) is 0 Å². The number of carboxylic acid groups (broad SMARTS) is 2. The molecule has 0 amide bonds. The first-order valence-corrected chi connectivity index (χ1v) is 8.80. The number of nitrogens with zero attached hydrogens (tertiary/aromatic N) is 1. The number of carboxylic acids is 2. The highest BCUT2D eigenvalue weighted by molar-refractivity contribution is 6.16. The minimum atomic E-state index is -2.12. The van der Waals surface area contributed by atoms with Crippen molar-refractivity contribution in [1.82, 2.24) is 4.57 Å². The molecule has 6 nitrogen and oxygen atoms in total. The Kier molecular flexibility index (Phi) is 5.12. The van der Waals surface area contributed by atoms with Crippen molar-refractivity contribution in [3.05, 3.63) is 48.4 Å². The van der Waals surface area contributed by atoms with Crippen molar-refractivity contribution < 1.29 is 29.0 Å². The van der Waals surface area contributed by atoms with E-state index in [0.717, 1.165) is 6.42 Å². The average molecular weight is 373 g/mol. The molecule has 1 aromatic heterocycles. The van der Waals surface area contributed by atoms with Gasteiger partial charge in [0.05, 0.1) is 0 Å². The Morgan fingerprint density at radius 1 is 0.963 bits per heavy atom. The third-order valence-corrected chi connectivity index (χ3v) is 5.25. The molecule has 1 aliphatic carbocycles. The Morgan fingerprint density at radius 3 is 2.11 bits per heavy atom. The summed E-state index contributed by atoms with van der Waals surface area (Å²) >= 11 is 0. The first-order chi connectivity index (χ1) is 12.9. The van der Waals surface area contributed by atoms with Gasteiger partial charge in [0.2, 0.25) is 5.92 Å². The number of hydrogen-bond donors (Lipinski definition) is 2. The number of benzene rings is 1. The van der Waals surface area contributed by atoms with E-state index < -0.39 is 35.0 Å². The summed E-state index contributed by atoms with van der Waals surface area (Å²) in [5.41, 5.74) is 0.0496. The zero-order chi connectivity index (χ0) is 19.6. The van der Waals surface area contributed by atoms with Crippen molar-refractivity contribution in [3.8, 4) is 11.3 Å². The summed E-state index contributed by atoms with van der Waals surface area (Å²) in [5, 5.41) is 18.6. The predicted octanol–water partition coefficient (Wildman–Crippen LogP) is 3.31. The lowest BCUT2D eigenvalue weighted by atomic mass is 9.74. The van der Waals surface area contributed by atoms with Crippen LogP contribution in [0.3, 0.4) is 0 Å². The normalized spacial score (nSPS) is 16.2. The molecule has 1 aliphatic rings. The van der Waals surface area contributed by atoms with Crippen molar-refractivity contribution in [2.24, 2.45) is 5.92 Å². The van der Waals surface area contributed by atoms with Gasteiger partial charge in [-0.25, -0.2) is 4.39 Å². The van der Waals surface area contributed by atoms with Crippen LogP contribution < -0.4 is 0 Å². The van der Waals surface area contributed by atoms with Gasteiger partial charge in [-0.2, -0.15) is 0 Å². The molecule has 142 valence electrons. The quantitative estimate of drug-likeness (QED) is 0.757. The lowest BCUT2D eigenvalue weighted by molar-refractivity contribution is -0.160. The number of carbonyl (C=O) groups excluding carboxylic acids is 1. The highest BCUT2D eigenvalue weighted by Crippen LogP contribution is 2.41. The van der Waals surface area contributed by atoms with E-state index in [2.05, 4.69) is 0 Å². The lowest BCUT2D eigenvalue weighted by Gasteiger charge is -2.39. The molecule has 0 bridgehead atoms. The summed E-state index contributed by atoms with van der Waals surface area (Å²) in [5.74, 6) is -6.65. The molecule has 0 radical (unpaired) electrons. The third kappa shape index (κ3) is 3.37. The summed E-state index contributed by atoms with van der Waals surface area (Å²) < 4.78 is 15.0. The summed E-state index contributed by atoms with van der Waals surface area (Å²) in [4.78, 5) is 36.2. The molecular weight excluding hydrogens is 353 g/mol. The van der Waals surface area contributed by atoms with E-state index in [1.807, 2.05) is 0 Å². The second kappa shape index (κ2) is 7.34. The van der Waals surface area contributed by atoms with Crippen molar-refractivity contribution in [2.45, 2.75) is 37.6 Å². The van der Waals surface area contributed by atoms with Crippen LogP contribution in [0.15, 0.2) is 42.6 Å². The van der Waals surface area contributed by atoms with Gasteiger partial charge in [-0.3, -0.25) is 14.4 Å². The predicted molar refractivity (Wildman–Crippen MR) is 94.7 cm³/mol. The Balaban J connectivity index is 2.13. The standard InChI is InChI=1S/C20H20FNO5/c21-14-8-6-13(7-9-14)15-5-4-12-22(15)20(10-2-1-3-11-20)17(23)16(18(24)25)19(26)27/h4-9,12,16H,1-3,10-11H2,(H,24,25)(H,26,27). The minimum Gasteiger partial charge on any atom is -0.480 e. The maximum Gasteiger partial charge on any atom is 0.325 e. The minimum absolute atomic E-state index is 0.367. The fourth-order valence-electron chi connectivity index (χ4n) is 3.95. The molecular formula is C20H20FNO5. The van der Waals surface area contributed by atoms with Crippen LogP contribution in [0.4, 0.5) is 4.39 Å². The van der Waals surface area contributed by atoms with E-state index >= 15 is 0 Å². The number of hydrogen-bond acceptors (Lipinski definition) is 3. The van der Waals surface area contributed by atoms with Crippen LogP contribution in [0.2, 0.25) is 0 Å². The van der Waals surface area contributed by atoms with Crippen LogP contribution >= 0.6 is 0 Å². The van der Waals surface area contributed by atoms with E-state index in [0.29, 0.717) is 36.9 Å². The molecule has 0 atom stereocenters. The van der Waals surface area contributed by atoms with Crippen LogP contribution in [0.5, 0.6) is 0 Å². The molecule has 1 fully saturated rings. The Bertz CT molecular complexity index is 851. The monoisotopic (exact) mass is 373 g/mol. The fraction of sp³-hybridized carbons (Fsp3) is 0.350. The SMILES string of the molecule is O=C(O)C(C(=O)O)C(=O)C1(n2cccc2-c2ccc(F)cc2)CCCCC1. The maximum absolute atomic E-state index is 13.3. The van der Waals surface area contributed by atoms with Gasteiger partial charge in [-0.05, 0) is 54.8 Å². The highest BCUT2D eigenvalue weighted by Gasteiger charge is 2.49. The van der Waals surface area contributed by atoms with E-state index in [4.69, 9.17) is 0 Å². The fourth-order valence-corrected chi connectivity index (χ4v) is 3.95. The summed E-state index contributed by atoms with van der Waals surface area (Å²) in [6.07, 6.45) is 4.69. The van der Waals surface area contributed by atoms with Gasteiger partial charge in [0.25, 0.3) is 0 Å². The number of Topliss-reactive ketones (excluding diaryl/α,β-unsaturated/α-hetero) is 1. The Labute approximate surface area is 155 Å². The number of halogens is 1. The molecule has 0 spiro atoms. The molecule has 2 aromatic rings. The number of rotatable bonds is 6. The van der Waals surface area contributed by atoms with Crippen LogP contribution in [0.25, 0.3) is 11.3 Å². The molecule has 0 unspecified atom stereocenters. The maximum atomic E-state index is 13.3. The van der Waals surface area contributed by atoms with Crippen molar-refractivity contribution in [2.75, 3.05) is 0 Å². The van der Waals surface area contributed by atoms with Gasteiger partial charge in [0.15, 0.2) is 5.78 Å². The van der Waals surface area contributed by atoms with Crippen LogP contribution in [0, 0.1) is 11.7 Å². The van der Waals surface area contributed by atoms with Crippen LogP contribution in [-0.4, -0.2) is 32.5 Å². The number of ketones is 1. The summed E-state index contributed by atoms with van der Waals surface area (Å²) in [6.45, 7) is 0. The Morgan fingerprint density at radius 2 is 1.56 bits per heavy atom. The molecule has 27 heavy (non-hydrogen) atoms. The number of aliphatic carboxylic acids is 2. The van der Waals surface area contributed by atoms with E-state index in [-0.39, 0.29) is 0 Å². The van der Waals surface area contributed by atoms with Gasteiger partial charge in [0, 0.05) is 11.9 Å².